The SMILES string of the molecule is COc1cc(C#N)cc(Oc2cccc(F)c2[C@H](C)O)c1. The summed E-state index contributed by atoms with van der Waals surface area (Å²) in [6.45, 7) is 1.46. The minimum absolute atomic E-state index is 0.0684. The molecule has 0 aromatic heterocycles. The Morgan fingerprint density at radius 3 is 2.57 bits per heavy atom. The largest absolute Gasteiger partial charge is 0.497 e. The number of nitrogens with zero attached hydrogens (tertiary/aromatic N) is 1. The van der Waals surface area contributed by atoms with Crippen LogP contribution >= 0.6 is 0 Å². The van der Waals surface area contributed by atoms with Gasteiger partial charge in [-0.3, -0.25) is 0 Å². The molecule has 1 atom stereocenters. The molecule has 5 heteroatoms. The molecule has 0 unspecified atom stereocenters. The molecule has 2 aromatic rings. The van der Waals surface area contributed by atoms with E-state index in [0.29, 0.717) is 17.1 Å². The lowest BCUT2D eigenvalue weighted by Gasteiger charge is -2.14. The van der Waals surface area contributed by atoms with Gasteiger partial charge >= 0.3 is 0 Å². The van der Waals surface area contributed by atoms with Gasteiger partial charge in [-0.05, 0) is 31.2 Å². The Bertz CT molecular complexity index is 692. The molecule has 4 nitrogen and oxygen atoms in total. The van der Waals surface area contributed by atoms with Gasteiger partial charge in [-0.2, -0.15) is 5.26 Å². The Morgan fingerprint density at radius 2 is 1.95 bits per heavy atom. The van der Waals surface area contributed by atoms with Crippen molar-refractivity contribution < 1.29 is 19.0 Å². The molecule has 0 aliphatic heterocycles. The Morgan fingerprint density at radius 1 is 1.24 bits per heavy atom. The van der Waals surface area contributed by atoms with Gasteiger partial charge in [-0.25, -0.2) is 4.39 Å². The van der Waals surface area contributed by atoms with Crippen LogP contribution in [0.1, 0.15) is 24.2 Å². The second-order valence-electron chi connectivity index (χ2n) is 4.44. The maximum Gasteiger partial charge on any atom is 0.136 e. The van der Waals surface area contributed by atoms with Crippen LogP contribution in [0.2, 0.25) is 0 Å². The van der Waals surface area contributed by atoms with Crippen molar-refractivity contribution in [2.45, 2.75) is 13.0 Å². The summed E-state index contributed by atoms with van der Waals surface area (Å²) in [6.07, 6.45) is -1.01. The second-order valence-corrected chi connectivity index (χ2v) is 4.44. The monoisotopic (exact) mass is 287 g/mol. The van der Waals surface area contributed by atoms with Gasteiger partial charge in [0, 0.05) is 6.07 Å². The third-order valence-electron chi connectivity index (χ3n) is 2.90. The number of benzene rings is 2. The van der Waals surface area contributed by atoms with Gasteiger partial charge in [0.25, 0.3) is 0 Å². The number of halogens is 1. The minimum Gasteiger partial charge on any atom is -0.497 e. The first-order chi connectivity index (χ1) is 10.0. The van der Waals surface area contributed by atoms with E-state index in [9.17, 15) is 9.50 Å². The molecule has 2 aromatic carbocycles. The summed E-state index contributed by atoms with van der Waals surface area (Å²) < 4.78 is 24.5. The first-order valence-electron chi connectivity index (χ1n) is 6.28. The standard InChI is InChI=1S/C16H14FNO3/c1-10(19)16-14(17)4-3-5-15(16)21-13-7-11(9-18)6-12(8-13)20-2/h3-8,10,19H,1-2H3/t10-/m0/s1. The van der Waals surface area contributed by atoms with Crippen molar-refractivity contribution in [1.29, 1.82) is 5.26 Å². The predicted octanol–water partition coefficient (Wildman–Crippen LogP) is 3.55. The first-order valence-corrected chi connectivity index (χ1v) is 6.28. The van der Waals surface area contributed by atoms with Crippen LogP contribution in [0.3, 0.4) is 0 Å². The summed E-state index contributed by atoms with van der Waals surface area (Å²) in [6, 6.07) is 10.9. The summed E-state index contributed by atoms with van der Waals surface area (Å²) in [5.74, 6) is 0.436. The molecular weight excluding hydrogens is 273 g/mol. The van der Waals surface area contributed by atoms with Gasteiger partial charge in [0.05, 0.1) is 30.4 Å². The number of hydrogen-bond donors (Lipinski definition) is 1. The topological polar surface area (TPSA) is 62.5 Å². The normalized spacial score (nSPS) is 11.6. The lowest BCUT2D eigenvalue weighted by Crippen LogP contribution is -2.00. The molecule has 0 aliphatic rings. The van der Waals surface area contributed by atoms with Gasteiger partial charge < -0.3 is 14.6 Å². The van der Waals surface area contributed by atoms with Crippen LogP contribution in [0, 0.1) is 17.1 Å². The molecule has 0 fully saturated rings. The van der Waals surface area contributed by atoms with E-state index in [4.69, 9.17) is 14.7 Å². The van der Waals surface area contributed by atoms with Gasteiger partial charge in [0.1, 0.15) is 23.1 Å². The van der Waals surface area contributed by atoms with Gasteiger partial charge in [0.15, 0.2) is 0 Å². The van der Waals surface area contributed by atoms with Crippen LogP contribution in [0.5, 0.6) is 17.2 Å². The maximum atomic E-state index is 13.8. The number of hydrogen-bond acceptors (Lipinski definition) is 4. The fourth-order valence-electron chi connectivity index (χ4n) is 1.95. The zero-order valence-electron chi connectivity index (χ0n) is 11.6. The third-order valence-corrected chi connectivity index (χ3v) is 2.90. The fourth-order valence-corrected chi connectivity index (χ4v) is 1.95. The van der Waals surface area contributed by atoms with Gasteiger partial charge in [-0.15, -0.1) is 0 Å². The highest BCUT2D eigenvalue weighted by Crippen LogP contribution is 2.33. The molecule has 0 spiro atoms. The summed E-state index contributed by atoms with van der Waals surface area (Å²) in [5, 5.41) is 18.6. The maximum absolute atomic E-state index is 13.8. The lowest BCUT2D eigenvalue weighted by atomic mass is 10.1. The van der Waals surface area contributed by atoms with Crippen LogP contribution in [-0.2, 0) is 0 Å². The van der Waals surface area contributed by atoms with Crippen molar-refractivity contribution in [3.05, 3.63) is 53.3 Å². The highest BCUT2D eigenvalue weighted by Gasteiger charge is 2.15. The van der Waals surface area contributed by atoms with E-state index in [1.165, 1.54) is 32.2 Å². The third kappa shape index (κ3) is 3.30. The quantitative estimate of drug-likeness (QED) is 0.934. The first kappa shape index (κ1) is 14.8. The number of aliphatic hydroxyl groups excluding tert-OH is 1. The van der Waals surface area contributed by atoms with E-state index in [2.05, 4.69) is 0 Å². The zero-order valence-corrected chi connectivity index (χ0v) is 11.6. The van der Waals surface area contributed by atoms with Gasteiger partial charge in [-0.1, -0.05) is 6.07 Å². The molecule has 0 heterocycles. The van der Waals surface area contributed by atoms with Crippen molar-refractivity contribution in [3.63, 3.8) is 0 Å². The van der Waals surface area contributed by atoms with Crippen molar-refractivity contribution in [2.75, 3.05) is 7.11 Å². The van der Waals surface area contributed by atoms with E-state index in [1.807, 2.05) is 6.07 Å². The van der Waals surface area contributed by atoms with Crippen LogP contribution < -0.4 is 9.47 Å². The average molecular weight is 287 g/mol. The molecular formula is C16H14FNO3. The number of methoxy groups -OCH3 is 1. The molecule has 1 N–H and O–H groups in total. The molecule has 108 valence electrons. The molecule has 0 radical (unpaired) electrons. The number of rotatable bonds is 4. The molecule has 2 rings (SSSR count). The smallest absolute Gasteiger partial charge is 0.136 e. The van der Waals surface area contributed by atoms with E-state index >= 15 is 0 Å². The van der Waals surface area contributed by atoms with Crippen molar-refractivity contribution in [2.24, 2.45) is 0 Å². The minimum atomic E-state index is -1.01. The van der Waals surface area contributed by atoms with Crippen molar-refractivity contribution in [3.8, 4) is 23.3 Å². The molecule has 0 saturated heterocycles. The summed E-state index contributed by atoms with van der Waals surface area (Å²) >= 11 is 0. The zero-order chi connectivity index (χ0) is 15.4. The molecule has 0 amide bonds. The fraction of sp³-hybridized carbons (Fsp3) is 0.188. The summed E-state index contributed by atoms with van der Waals surface area (Å²) in [4.78, 5) is 0. The number of ether oxygens (including phenoxy) is 2. The molecule has 0 bridgehead atoms. The molecule has 0 saturated carbocycles. The highest BCUT2D eigenvalue weighted by molar-refractivity contribution is 5.47. The second kappa shape index (κ2) is 6.25. The Labute approximate surface area is 122 Å². The molecule has 21 heavy (non-hydrogen) atoms. The predicted molar refractivity (Wildman–Crippen MR) is 74.8 cm³/mol. The van der Waals surface area contributed by atoms with Crippen molar-refractivity contribution >= 4 is 0 Å². The number of aliphatic hydroxyl groups is 1. The Kier molecular flexibility index (Phi) is 4.41. The van der Waals surface area contributed by atoms with E-state index < -0.39 is 11.9 Å². The van der Waals surface area contributed by atoms with E-state index in [1.54, 1.807) is 18.2 Å². The molecule has 0 aliphatic carbocycles. The summed E-state index contributed by atoms with van der Waals surface area (Å²) in [5.41, 5.74) is 0.429. The van der Waals surface area contributed by atoms with Crippen LogP contribution in [0.4, 0.5) is 4.39 Å². The highest BCUT2D eigenvalue weighted by atomic mass is 19.1. The lowest BCUT2D eigenvalue weighted by molar-refractivity contribution is 0.190. The Hall–Kier alpha value is -2.58. The van der Waals surface area contributed by atoms with Crippen LogP contribution in [0.15, 0.2) is 36.4 Å². The van der Waals surface area contributed by atoms with Gasteiger partial charge in [0.2, 0.25) is 0 Å². The summed E-state index contributed by atoms with van der Waals surface area (Å²) in [7, 11) is 1.48. The van der Waals surface area contributed by atoms with Crippen LogP contribution in [0.25, 0.3) is 0 Å². The van der Waals surface area contributed by atoms with Crippen molar-refractivity contribution in [1.82, 2.24) is 0 Å². The number of nitriles is 1. The van der Waals surface area contributed by atoms with Crippen LogP contribution in [-0.4, -0.2) is 12.2 Å². The Balaban J connectivity index is 2.43. The van der Waals surface area contributed by atoms with E-state index in [0.717, 1.165) is 0 Å². The average Bonchev–Trinajstić information content (AvgIpc) is 2.46. The van der Waals surface area contributed by atoms with E-state index in [-0.39, 0.29) is 11.3 Å².